The second kappa shape index (κ2) is 6.46. The Morgan fingerprint density at radius 2 is 2.00 bits per heavy atom. The van der Waals surface area contributed by atoms with E-state index in [4.69, 9.17) is 0 Å². The third-order valence-corrected chi connectivity index (χ3v) is 5.59. The van der Waals surface area contributed by atoms with Gasteiger partial charge in [-0.05, 0) is 44.9 Å². The third kappa shape index (κ3) is 2.81. The van der Waals surface area contributed by atoms with Gasteiger partial charge in [0.25, 0.3) is 0 Å². The molecule has 3 heterocycles. The fourth-order valence-electron chi connectivity index (χ4n) is 4.31. The summed E-state index contributed by atoms with van der Waals surface area (Å²) in [6.07, 6.45) is 14.1. The van der Waals surface area contributed by atoms with Gasteiger partial charge in [0.2, 0.25) is 5.91 Å². The van der Waals surface area contributed by atoms with Crippen molar-refractivity contribution in [2.24, 2.45) is 5.92 Å². The van der Waals surface area contributed by atoms with Gasteiger partial charge in [-0.2, -0.15) is 0 Å². The Labute approximate surface area is 137 Å². The van der Waals surface area contributed by atoms with Gasteiger partial charge in [0.05, 0.1) is 6.04 Å². The maximum atomic E-state index is 13.0. The van der Waals surface area contributed by atoms with Crippen LogP contribution in [0.3, 0.4) is 0 Å². The summed E-state index contributed by atoms with van der Waals surface area (Å²) in [5.74, 6) is 2.67. The molecule has 1 amide bonds. The van der Waals surface area contributed by atoms with Crippen LogP contribution in [0.5, 0.6) is 0 Å². The van der Waals surface area contributed by atoms with Gasteiger partial charge in [-0.3, -0.25) is 4.79 Å². The number of aryl methyl sites for hydroxylation is 1. The summed E-state index contributed by atoms with van der Waals surface area (Å²) in [5, 5.41) is 8.94. The highest BCUT2D eigenvalue weighted by molar-refractivity contribution is 5.80. The van der Waals surface area contributed by atoms with Gasteiger partial charge in [0.15, 0.2) is 5.82 Å². The number of nitrogens with zero attached hydrogens (tertiary/aromatic N) is 4. The average Bonchev–Trinajstić information content (AvgIpc) is 3.16. The first-order valence-corrected chi connectivity index (χ1v) is 9.22. The molecule has 0 spiro atoms. The van der Waals surface area contributed by atoms with Crippen LogP contribution in [0.1, 0.15) is 69.1 Å². The standard InChI is InChI=1S/C18H26N4O/c23-18(14-8-3-1-4-9-14)21-13-7-10-15(21)17-20-19-16-11-5-2-6-12-22(16)17/h1,3,14-15H,2,4-13H2/t14-,15+/m0/s1. The van der Waals surface area contributed by atoms with Crippen LogP contribution in [0.15, 0.2) is 12.2 Å². The predicted molar refractivity (Wildman–Crippen MR) is 87.7 cm³/mol. The number of hydrogen-bond acceptors (Lipinski definition) is 3. The molecule has 2 aliphatic heterocycles. The lowest BCUT2D eigenvalue weighted by Gasteiger charge is -2.29. The molecule has 3 aliphatic rings. The van der Waals surface area contributed by atoms with Crippen LogP contribution in [0, 0.1) is 5.92 Å². The third-order valence-electron chi connectivity index (χ3n) is 5.59. The van der Waals surface area contributed by atoms with E-state index in [0.29, 0.717) is 5.91 Å². The van der Waals surface area contributed by atoms with Crippen molar-refractivity contribution in [1.29, 1.82) is 0 Å². The normalized spacial score (nSPS) is 27.7. The van der Waals surface area contributed by atoms with Gasteiger partial charge in [0, 0.05) is 25.4 Å². The van der Waals surface area contributed by atoms with Gasteiger partial charge in [-0.25, -0.2) is 0 Å². The van der Waals surface area contributed by atoms with E-state index >= 15 is 0 Å². The van der Waals surface area contributed by atoms with Crippen LogP contribution in [-0.4, -0.2) is 32.1 Å². The molecule has 0 aromatic carbocycles. The topological polar surface area (TPSA) is 51.0 Å². The van der Waals surface area contributed by atoms with Crippen molar-refractivity contribution in [2.45, 2.75) is 70.4 Å². The summed E-state index contributed by atoms with van der Waals surface area (Å²) < 4.78 is 2.31. The molecule has 0 bridgehead atoms. The number of carbonyl (C=O) groups is 1. The summed E-state index contributed by atoms with van der Waals surface area (Å²) in [4.78, 5) is 15.1. The molecule has 1 aromatic heterocycles. The Hall–Kier alpha value is -1.65. The summed E-state index contributed by atoms with van der Waals surface area (Å²) >= 11 is 0. The van der Waals surface area contributed by atoms with Gasteiger partial charge >= 0.3 is 0 Å². The monoisotopic (exact) mass is 314 g/mol. The highest BCUT2D eigenvalue weighted by Crippen LogP contribution is 2.35. The Morgan fingerprint density at radius 3 is 2.87 bits per heavy atom. The Balaban J connectivity index is 1.57. The second-order valence-corrected chi connectivity index (χ2v) is 7.11. The molecule has 5 heteroatoms. The van der Waals surface area contributed by atoms with Crippen molar-refractivity contribution < 1.29 is 4.79 Å². The molecule has 4 rings (SSSR count). The van der Waals surface area contributed by atoms with Crippen LogP contribution < -0.4 is 0 Å². The average molecular weight is 314 g/mol. The minimum Gasteiger partial charge on any atom is -0.332 e. The van der Waals surface area contributed by atoms with Gasteiger partial charge in [-0.1, -0.05) is 18.6 Å². The van der Waals surface area contributed by atoms with Crippen molar-refractivity contribution in [2.75, 3.05) is 6.54 Å². The summed E-state index contributed by atoms with van der Waals surface area (Å²) in [7, 11) is 0. The molecule has 5 nitrogen and oxygen atoms in total. The van der Waals surface area contributed by atoms with Crippen molar-refractivity contribution in [3.8, 4) is 0 Å². The minimum atomic E-state index is 0.146. The Kier molecular flexibility index (Phi) is 4.19. The summed E-state index contributed by atoms with van der Waals surface area (Å²) in [5.41, 5.74) is 0. The first-order chi connectivity index (χ1) is 11.3. The molecule has 0 unspecified atom stereocenters. The highest BCUT2D eigenvalue weighted by atomic mass is 16.2. The minimum absolute atomic E-state index is 0.146. The van der Waals surface area contributed by atoms with Crippen molar-refractivity contribution in [3.05, 3.63) is 23.8 Å². The second-order valence-electron chi connectivity index (χ2n) is 7.11. The molecule has 2 atom stereocenters. The summed E-state index contributed by atoms with van der Waals surface area (Å²) in [6.45, 7) is 1.90. The van der Waals surface area contributed by atoms with E-state index in [9.17, 15) is 4.79 Å². The van der Waals surface area contributed by atoms with E-state index in [1.165, 1.54) is 19.3 Å². The van der Waals surface area contributed by atoms with E-state index in [1.807, 2.05) is 0 Å². The summed E-state index contributed by atoms with van der Waals surface area (Å²) in [6, 6.07) is 0.146. The van der Waals surface area contributed by atoms with Crippen LogP contribution in [-0.2, 0) is 17.8 Å². The lowest BCUT2D eigenvalue weighted by molar-refractivity contribution is -0.137. The van der Waals surface area contributed by atoms with Crippen molar-refractivity contribution in [3.63, 3.8) is 0 Å². The Morgan fingerprint density at radius 1 is 1.04 bits per heavy atom. The van der Waals surface area contributed by atoms with Gasteiger partial charge < -0.3 is 9.47 Å². The van der Waals surface area contributed by atoms with E-state index in [2.05, 4.69) is 31.8 Å². The zero-order chi connectivity index (χ0) is 15.6. The molecular formula is C18H26N4O. The van der Waals surface area contributed by atoms with Gasteiger partial charge in [-0.15, -0.1) is 10.2 Å². The van der Waals surface area contributed by atoms with Crippen LogP contribution in [0.4, 0.5) is 0 Å². The Bertz CT molecular complexity index is 606. The number of aromatic nitrogens is 3. The molecule has 1 fully saturated rings. The molecule has 0 radical (unpaired) electrons. The molecule has 0 N–H and O–H groups in total. The fraction of sp³-hybridized carbons (Fsp3) is 0.722. The maximum absolute atomic E-state index is 13.0. The van der Waals surface area contributed by atoms with Gasteiger partial charge in [0.1, 0.15) is 5.82 Å². The smallest absolute Gasteiger partial charge is 0.226 e. The highest BCUT2D eigenvalue weighted by Gasteiger charge is 2.36. The SMILES string of the molecule is O=C([C@H]1CC=CCC1)N1CCC[C@@H]1c1nnc2n1CCCCC2. The number of allylic oxidation sites excluding steroid dienone is 2. The molecule has 1 aromatic rings. The van der Waals surface area contributed by atoms with E-state index in [-0.39, 0.29) is 12.0 Å². The van der Waals surface area contributed by atoms with E-state index in [0.717, 1.165) is 63.3 Å². The molecule has 124 valence electrons. The first kappa shape index (κ1) is 14.9. The fourth-order valence-corrected chi connectivity index (χ4v) is 4.31. The number of rotatable bonds is 2. The van der Waals surface area contributed by atoms with E-state index < -0.39 is 0 Å². The zero-order valence-corrected chi connectivity index (χ0v) is 13.8. The van der Waals surface area contributed by atoms with E-state index in [1.54, 1.807) is 0 Å². The lowest BCUT2D eigenvalue weighted by Crippen LogP contribution is -2.37. The number of likely N-dealkylation sites (tertiary alicyclic amines) is 1. The maximum Gasteiger partial charge on any atom is 0.226 e. The number of amides is 1. The van der Waals surface area contributed by atoms with Crippen molar-refractivity contribution >= 4 is 5.91 Å². The van der Waals surface area contributed by atoms with Crippen molar-refractivity contribution in [1.82, 2.24) is 19.7 Å². The molecule has 1 aliphatic carbocycles. The molecule has 1 saturated heterocycles. The predicted octanol–water partition coefficient (Wildman–Crippen LogP) is 3.02. The lowest BCUT2D eigenvalue weighted by atomic mass is 9.93. The first-order valence-electron chi connectivity index (χ1n) is 9.22. The number of hydrogen-bond donors (Lipinski definition) is 0. The molecule has 23 heavy (non-hydrogen) atoms. The number of fused-ring (bicyclic) bond motifs is 1. The molecular weight excluding hydrogens is 288 g/mol. The molecule has 0 saturated carbocycles. The van der Waals surface area contributed by atoms with Crippen LogP contribution >= 0.6 is 0 Å². The number of carbonyl (C=O) groups excluding carboxylic acids is 1. The largest absolute Gasteiger partial charge is 0.332 e. The van der Waals surface area contributed by atoms with Crippen LogP contribution in [0.25, 0.3) is 0 Å². The zero-order valence-electron chi connectivity index (χ0n) is 13.8. The quantitative estimate of drug-likeness (QED) is 0.788. The van der Waals surface area contributed by atoms with Crippen LogP contribution in [0.2, 0.25) is 0 Å².